The Hall–Kier alpha value is -1.91. The number of rotatable bonds is 4. The number of thiophene rings is 1. The summed E-state index contributed by atoms with van der Waals surface area (Å²) < 4.78 is 51.9. The Morgan fingerprint density at radius 2 is 2.05 bits per heavy atom. The molecule has 0 amide bonds. The summed E-state index contributed by atoms with van der Waals surface area (Å²) in [5, 5.41) is 13.7. The van der Waals surface area contributed by atoms with Crippen LogP contribution in [0.4, 0.5) is 17.6 Å². The van der Waals surface area contributed by atoms with E-state index in [1.54, 1.807) is 12.1 Å². The first kappa shape index (κ1) is 15.5. The number of hydrogen-bond donors (Lipinski definition) is 1. The van der Waals surface area contributed by atoms with Crippen LogP contribution in [-0.2, 0) is 12.7 Å². The molecule has 1 N–H and O–H groups in total. The zero-order chi connectivity index (χ0) is 15.5. The topological polar surface area (TPSA) is 35.8 Å². The van der Waals surface area contributed by atoms with Crippen molar-refractivity contribution in [2.45, 2.75) is 18.8 Å². The van der Waals surface area contributed by atoms with Crippen LogP contribution < -0.4 is 5.32 Å². The molecule has 0 bridgehead atoms. The van der Waals surface area contributed by atoms with Crippen molar-refractivity contribution < 1.29 is 17.6 Å². The van der Waals surface area contributed by atoms with Crippen LogP contribution in [0.3, 0.4) is 0 Å². The van der Waals surface area contributed by atoms with Gasteiger partial charge in [0.25, 0.3) is 0 Å². The fourth-order valence-corrected chi connectivity index (χ4v) is 2.52. The lowest BCUT2D eigenvalue weighted by Gasteiger charge is -2.17. The summed E-state index contributed by atoms with van der Waals surface area (Å²) in [7, 11) is 0. The molecule has 1 heterocycles. The van der Waals surface area contributed by atoms with Crippen LogP contribution >= 0.6 is 11.3 Å². The van der Waals surface area contributed by atoms with Crippen LogP contribution in [0.1, 0.15) is 22.0 Å². The van der Waals surface area contributed by atoms with Gasteiger partial charge in [0.2, 0.25) is 0 Å². The van der Waals surface area contributed by atoms with Gasteiger partial charge in [-0.15, -0.1) is 11.3 Å². The average Bonchev–Trinajstić information content (AvgIpc) is 2.93. The van der Waals surface area contributed by atoms with Crippen molar-refractivity contribution in [3.63, 3.8) is 0 Å². The van der Waals surface area contributed by atoms with Crippen LogP contribution in [0.15, 0.2) is 35.7 Å². The third-order valence-corrected chi connectivity index (χ3v) is 3.70. The third-order valence-electron chi connectivity index (χ3n) is 2.82. The molecular formula is C14H10F4N2S. The van der Waals surface area contributed by atoms with Gasteiger partial charge in [0, 0.05) is 11.4 Å². The second kappa shape index (κ2) is 6.24. The van der Waals surface area contributed by atoms with E-state index in [2.05, 4.69) is 5.32 Å². The minimum atomic E-state index is -4.71. The molecule has 1 unspecified atom stereocenters. The van der Waals surface area contributed by atoms with Crippen molar-refractivity contribution in [3.8, 4) is 6.07 Å². The summed E-state index contributed by atoms with van der Waals surface area (Å²) >= 11 is 1.43. The predicted molar refractivity (Wildman–Crippen MR) is 70.9 cm³/mol. The Balaban J connectivity index is 2.28. The van der Waals surface area contributed by atoms with Crippen LogP contribution in [0.2, 0.25) is 0 Å². The van der Waals surface area contributed by atoms with Gasteiger partial charge in [-0.1, -0.05) is 12.1 Å². The number of alkyl halides is 3. The quantitative estimate of drug-likeness (QED) is 0.856. The first-order chi connectivity index (χ1) is 9.91. The molecule has 110 valence electrons. The number of nitriles is 1. The highest BCUT2D eigenvalue weighted by atomic mass is 32.1. The van der Waals surface area contributed by atoms with E-state index in [4.69, 9.17) is 5.26 Å². The maximum absolute atomic E-state index is 13.1. The predicted octanol–water partition coefficient (Wildman–Crippen LogP) is 4.26. The average molecular weight is 314 g/mol. The van der Waals surface area contributed by atoms with Gasteiger partial charge in [-0.3, -0.25) is 5.32 Å². The van der Waals surface area contributed by atoms with Gasteiger partial charge in [-0.05, 0) is 29.1 Å². The third kappa shape index (κ3) is 3.80. The van der Waals surface area contributed by atoms with Gasteiger partial charge in [-0.2, -0.15) is 18.4 Å². The van der Waals surface area contributed by atoms with Crippen LogP contribution in [0, 0.1) is 17.1 Å². The molecular weight excluding hydrogens is 304 g/mol. The lowest BCUT2D eigenvalue weighted by Crippen LogP contribution is -2.22. The lowest BCUT2D eigenvalue weighted by atomic mass is 10.0. The van der Waals surface area contributed by atoms with Crippen LogP contribution in [0.25, 0.3) is 0 Å². The first-order valence-electron chi connectivity index (χ1n) is 5.94. The first-order valence-corrected chi connectivity index (χ1v) is 6.82. The monoisotopic (exact) mass is 314 g/mol. The van der Waals surface area contributed by atoms with Gasteiger partial charge in [0.05, 0.1) is 11.6 Å². The Bertz CT molecular complexity index is 644. The Labute approximate surface area is 122 Å². The molecule has 0 saturated heterocycles. The smallest absolute Gasteiger partial charge is 0.293 e. The molecule has 0 fully saturated rings. The van der Waals surface area contributed by atoms with E-state index < -0.39 is 23.6 Å². The molecule has 0 radical (unpaired) electrons. The number of halogens is 4. The second-order valence-electron chi connectivity index (χ2n) is 4.25. The van der Waals surface area contributed by atoms with E-state index in [-0.39, 0.29) is 12.1 Å². The van der Waals surface area contributed by atoms with Crippen molar-refractivity contribution in [3.05, 3.63) is 57.5 Å². The van der Waals surface area contributed by atoms with Crippen molar-refractivity contribution >= 4 is 11.3 Å². The van der Waals surface area contributed by atoms with Crippen LogP contribution in [0.5, 0.6) is 0 Å². The lowest BCUT2D eigenvalue weighted by molar-refractivity contribution is -0.138. The highest BCUT2D eigenvalue weighted by Crippen LogP contribution is 2.35. The molecule has 1 aromatic heterocycles. The molecule has 0 aliphatic carbocycles. The van der Waals surface area contributed by atoms with Gasteiger partial charge in [-0.25, -0.2) is 4.39 Å². The molecule has 2 aromatic rings. The van der Waals surface area contributed by atoms with Crippen LogP contribution in [-0.4, -0.2) is 0 Å². The van der Waals surface area contributed by atoms with Crippen molar-refractivity contribution in [2.24, 2.45) is 0 Å². The molecule has 0 aliphatic heterocycles. The molecule has 2 rings (SSSR count). The zero-order valence-corrected chi connectivity index (χ0v) is 11.4. The number of benzene rings is 1. The van der Waals surface area contributed by atoms with Gasteiger partial charge in [0.1, 0.15) is 11.9 Å². The van der Waals surface area contributed by atoms with E-state index in [1.807, 2.05) is 11.4 Å². The molecule has 0 saturated carbocycles. The number of hydrogen-bond acceptors (Lipinski definition) is 3. The number of nitrogens with one attached hydrogen (secondary N) is 1. The molecule has 0 spiro atoms. The van der Waals surface area contributed by atoms with E-state index in [0.29, 0.717) is 6.07 Å². The molecule has 1 aromatic carbocycles. The molecule has 2 nitrogen and oxygen atoms in total. The summed E-state index contributed by atoms with van der Waals surface area (Å²) in [5.74, 6) is -0.985. The standard InChI is InChI=1S/C14H10F4N2S/c15-9-3-4-11(12(6-9)14(16,17)18)13(7-19)20-8-10-2-1-5-21-10/h1-6,13,20H,8H2. The summed E-state index contributed by atoms with van der Waals surface area (Å²) in [6, 6.07) is 6.56. The van der Waals surface area contributed by atoms with Gasteiger partial charge in [0.15, 0.2) is 0 Å². The summed E-state index contributed by atoms with van der Waals surface area (Å²) in [5.41, 5.74) is -1.41. The Morgan fingerprint density at radius 1 is 1.29 bits per heavy atom. The van der Waals surface area contributed by atoms with E-state index in [9.17, 15) is 17.6 Å². The molecule has 0 aliphatic rings. The van der Waals surface area contributed by atoms with E-state index >= 15 is 0 Å². The maximum atomic E-state index is 13.1. The summed E-state index contributed by atoms with van der Waals surface area (Å²) in [6.45, 7) is 0.268. The van der Waals surface area contributed by atoms with Crippen molar-refractivity contribution in [2.75, 3.05) is 0 Å². The largest absolute Gasteiger partial charge is 0.416 e. The highest BCUT2D eigenvalue weighted by molar-refractivity contribution is 7.09. The molecule has 1 atom stereocenters. The fourth-order valence-electron chi connectivity index (χ4n) is 1.87. The van der Waals surface area contributed by atoms with Gasteiger partial charge < -0.3 is 0 Å². The Kier molecular flexibility index (Phi) is 4.60. The zero-order valence-electron chi connectivity index (χ0n) is 10.6. The van der Waals surface area contributed by atoms with Gasteiger partial charge >= 0.3 is 6.18 Å². The van der Waals surface area contributed by atoms with Crippen molar-refractivity contribution in [1.29, 1.82) is 5.26 Å². The maximum Gasteiger partial charge on any atom is 0.416 e. The van der Waals surface area contributed by atoms with E-state index in [0.717, 1.165) is 17.0 Å². The highest BCUT2D eigenvalue weighted by Gasteiger charge is 2.35. The summed E-state index contributed by atoms with van der Waals surface area (Å²) in [6.07, 6.45) is -4.71. The van der Waals surface area contributed by atoms with Crippen molar-refractivity contribution in [1.82, 2.24) is 5.32 Å². The Morgan fingerprint density at radius 3 is 2.62 bits per heavy atom. The SMILES string of the molecule is N#CC(NCc1cccs1)c1ccc(F)cc1C(F)(F)F. The minimum Gasteiger partial charge on any atom is -0.293 e. The second-order valence-corrected chi connectivity index (χ2v) is 5.28. The summed E-state index contributed by atoms with van der Waals surface area (Å²) in [4.78, 5) is 0.894. The minimum absolute atomic E-state index is 0.268. The fraction of sp³-hybridized carbons (Fsp3) is 0.214. The number of nitrogens with zero attached hydrogens (tertiary/aromatic N) is 1. The molecule has 21 heavy (non-hydrogen) atoms. The normalized spacial score (nSPS) is 12.9. The molecule has 7 heteroatoms. The van der Waals surface area contributed by atoms with E-state index in [1.165, 1.54) is 11.3 Å².